The van der Waals surface area contributed by atoms with E-state index in [1.54, 1.807) is 17.5 Å². The summed E-state index contributed by atoms with van der Waals surface area (Å²) in [6, 6.07) is 5.96. The van der Waals surface area contributed by atoms with E-state index < -0.39 is 0 Å². The summed E-state index contributed by atoms with van der Waals surface area (Å²) in [7, 11) is 0. The third-order valence-corrected chi connectivity index (χ3v) is 4.84. The quantitative estimate of drug-likeness (QED) is 0.860. The first-order valence-corrected chi connectivity index (χ1v) is 9.01. The first kappa shape index (κ1) is 17.0. The molecule has 24 heavy (non-hydrogen) atoms. The Kier molecular flexibility index (Phi) is 5.90. The smallest absolute Gasteiger partial charge is 0.226 e. The number of ether oxygens (including phenoxy) is 1. The van der Waals surface area contributed by atoms with Crippen LogP contribution in [0.15, 0.2) is 29.8 Å². The highest BCUT2D eigenvalue weighted by molar-refractivity contribution is 7.09. The van der Waals surface area contributed by atoms with E-state index in [9.17, 15) is 4.79 Å². The van der Waals surface area contributed by atoms with Crippen LogP contribution in [0.4, 0.5) is 0 Å². The van der Waals surface area contributed by atoms with Gasteiger partial charge in [0.15, 0.2) is 0 Å². The zero-order valence-corrected chi connectivity index (χ0v) is 14.6. The van der Waals surface area contributed by atoms with Gasteiger partial charge in [0.2, 0.25) is 5.91 Å². The lowest BCUT2D eigenvalue weighted by atomic mass is 10.1. The second-order valence-electron chi connectivity index (χ2n) is 5.76. The molecule has 128 valence electrons. The molecule has 2 aromatic rings. The molecule has 0 radical (unpaired) electrons. The third kappa shape index (κ3) is 4.59. The second kappa shape index (κ2) is 8.32. The monoisotopic (exact) mass is 346 g/mol. The Morgan fingerprint density at radius 2 is 2.25 bits per heavy atom. The largest absolute Gasteiger partial charge is 0.379 e. The van der Waals surface area contributed by atoms with Crippen LogP contribution >= 0.6 is 11.3 Å². The Morgan fingerprint density at radius 3 is 2.92 bits per heavy atom. The molecule has 0 spiro atoms. The van der Waals surface area contributed by atoms with Crippen molar-refractivity contribution >= 4 is 17.2 Å². The van der Waals surface area contributed by atoms with Crippen molar-refractivity contribution in [2.24, 2.45) is 0 Å². The summed E-state index contributed by atoms with van der Waals surface area (Å²) in [6.07, 6.45) is 2.12. The van der Waals surface area contributed by atoms with Gasteiger partial charge >= 0.3 is 0 Å². The van der Waals surface area contributed by atoms with Gasteiger partial charge in [-0.3, -0.25) is 14.7 Å². The maximum atomic E-state index is 12.2. The number of carbonyl (C=O) groups is 1. The van der Waals surface area contributed by atoms with Crippen LogP contribution in [-0.4, -0.2) is 53.6 Å². The van der Waals surface area contributed by atoms with Gasteiger partial charge in [0.25, 0.3) is 0 Å². The van der Waals surface area contributed by atoms with Crippen molar-refractivity contribution in [1.29, 1.82) is 0 Å². The number of amides is 1. The predicted molar refractivity (Wildman–Crippen MR) is 92.9 cm³/mol. The van der Waals surface area contributed by atoms with Crippen molar-refractivity contribution in [3.63, 3.8) is 0 Å². The van der Waals surface area contributed by atoms with Crippen LogP contribution in [0.5, 0.6) is 0 Å². The molecule has 7 heteroatoms. The van der Waals surface area contributed by atoms with E-state index in [2.05, 4.69) is 20.2 Å². The number of nitrogens with zero attached hydrogens (tertiary/aromatic N) is 3. The average molecular weight is 346 g/mol. The van der Waals surface area contributed by atoms with Crippen molar-refractivity contribution < 1.29 is 9.53 Å². The topological polar surface area (TPSA) is 67.4 Å². The molecule has 1 N–H and O–H groups in total. The summed E-state index contributed by atoms with van der Waals surface area (Å²) in [5, 5.41) is 5.96. The third-order valence-electron chi connectivity index (χ3n) is 4.02. The van der Waals surface area contributed by atoms with Crippen molar-refractivity contribution in [1.82, 2.24) is 20.2 Å². The first-order chi connectivity index (χ1) is 11.7. The molecule has 1 aliphatic rings. The summed E-state index contributed by atoms with van der Waals surface area (Å²) in [6.45, 7) is 5.62. The van der Waals surface area contributed by atoms with Gasteiger partial charge in [-0.15, -0.1) is 11.3 Å². The Hall–Kier alpha value is -1.83. The van der Waals surface area contributed by atoms with Crippen LogP contribution in [0.25, 0.3) is 0 Å². The van der Waals surface area contributed by atoms with Gasteiger partial charge in [-0.25, -0.2) is 4.98 Å². The Labute approximate surface area is 145 Å². The van der Waals surface area contributed by atoms with Gasteiger partial charge in [0.1, 0.15) is 0 Å². The fraction of sp³-hybridized carbons (Fsp3) is 0.471. The summed E-state index contributed by atoms with van der Waals surface area (Å²) in [5.74, 6) is -0.00510. The summed E-state index contributed by atoms with van der Waals surface area (Å²) >= 11 is 1.57. The highest BCUT2D eigenvalue weighted by Gasteiger charge is 2.24. The maximum Gasteiger partial charge on any atom is 0.226 e. The van der Waals surface area contributed by atoms with Crippen LogP contribution in [-0.2, 0) is 16.0 Å². The van der Waals surface area contributed by atoms with Crippen molar-refractivity contribution in [2.45, 2.75) is 19.4 Å². The van der Waals surface area contributed by atoms with Crippen LogP contribution in [0, 0.1) is 6.92 Å². The zero-order chi connectivity index (χ0) is 16.8. The van der Waals surface area contributed by atoms with Gasteiger partial charge in [-0.05, 0) is 19.1 Å². The van der Waals surface area contributed by atoms with Crippen LogP contribution in [0.3, 0.4) is 0 Å². The Balaban J connectivity index is 1.62. The van der Waals surface area contributed by atoms with E-state index >= 15 is 0 Å². The van der Waals surface area contributed by atoms with E-state index in [1.165, 1.54) is 0 Å². The van der Waals surface area contributed by atoms with Crippen LogP contribution in [0.2, 0.25) is 0 Å². The summed E-state index contributed by atoms with van der Waals surface area (Å²) in [5.41, 5.74) is 1.81. The van der Waals surface area contributed by atoms with Crippen molar-refractivity contribution in [2.75, 3.05) is 32.8 Å². The summed E-state index contributed by atoms with van der Waals surface area (Å²) in [4.78, 5) is 23.4. The molecule has 0 bridgehead atoms. The molecule has 3 heterocycles. The molecule has 1 atom stereocenters. The zero-order valence-electron chi connectivity index (χ0n) is 13.8. The minimum Gasteiger partial charge on any atom is -0.379 e. The molecule has 0 aromatic carbocycles. The molecule has 1 fully saturated rings. The first-order valence-electron chi connectivity index (χ1n) is 8.13. The van der Waals surface area contributed by atoms with E-state index in [1.807, 2.05) is 30.5 Å². The maximum absolute atomic E-state index is 12.2. The standard InChI is InChI=1S/C17H22N4O2S/c1-13-20-14(12-24-13)10-17(22)19-11-16(15-4-2-3-5-18-15)21-6-8-23-9-7-21/h2-5,12,16H,6-11H2,1H3,(H,19,22)/t16-/m0/s1. The number of aryl methyl sites for hydroxylation is 1. The Morgan fingerprint density at radius 1 is 1.42 bits per heavy atom. The van der Waals surface area contributed by atoms with E-state index in [0.29, 0.717) is 13.0 Å². The molecule has 2 aromatic heterocycles. The molecule has 0 aliphatic carbocycles. The highest BCUT2D eigenvalue weighted by atomic mass is 32.1. The Bertz CT molecular complexity index is 656. The van der Waals surface area contributed by atoms with Gasteiger partial charge in [0.05, 0.1) is 42.1 Å². The minimum atomic E-state index is -0.00510. The highest BCUT2D eigenvalue weighted by Crippen LogP contribution is 2.19. The number of hydrogen-bond acceptors (Lipinski definition) is 6. The molecule has 0 saturated carbocycles. The fourth-order valence-electron chi connectivity index (χ4n) is 2.81. The number of aromatic nitrogens is 2. The predicted octanol–water partition coefficient (Wildman–Crippen LogP) is 1.58. The molecule has 6 nitrogen and oxygen atoms in total. The lowest BCUT2D eigenvalue weighted by Gasteiger charge is -2.34. The molecule has 1 aliphatic heterocycles. The number of nitrogens with one attached hydrogen (secondary N) is 1. The number of rotatable bonds is 6. The minimum absolute atomic E-state index is 0.00510. The SMILES string of the molecule is Cc1nc(CC(=O)NC[C@@H](c2ccccn2)N2CCOCC2)cs1. The number of hydrogen-bond donors (Lipinski definition) is 1. The molecule has 1 amide bonds. The number of pyridine rings is 1. The normalized spacial score (nSPS) is 16.7. The fourth-order valence-corrected chi connectivity index (χ4v) is 3.42. The van der Waals surface area contributed by atoms with Crippen molar-refractivity contribution in [3.8, 4) is 0 Å². The lowest BCUT2D eigenvalue weighted by molar-refractivity contribution is -0.120. The van der Waals surface area contributed by atoms with Crippen LogP contribution < -0.4 is 5.32 Å². The summed E-state index contributed by atoms with van der Waals surface area (Å²) < 4.78 is 5.44. The van der Waals surface area contributed by atoms with Gasteiger partial charge in [-0.1, -0.05) is 6.07 Å². The average Bonchev–Trinajstić information content (AvgIpc) is 3.02. The molecule has 3 rings (SSSR count). The van der Waals surface area contributed by atoms with E-state index in [-0.39, 0.29) is 11.9 Å². The van der Waals surface area contributed by atoms with Crippen molar-refractivity contribution in [3.05, 3.63) is 46.2 Å². The number of thiazole rings is 1. The second-order valence-corrected chi connectivity index (χ2v) is 6.82. The van der Waals surface area contributed by atoms with Gasteiger partial charge in [-0.2, -0.15) is 0 Å². The lowest BCUT2D eigenvalue weighted by Crippen LogP contribution is -2.44. The number of carbonyl (C=O) groups excluding carboxylic acids is 1. The van der Waals surface area contributed by atoms with Gasteiger partial charge in [0, 0.05) is 31.2 Å². The molecule has 0 unspecified atom stereocenters. The van der Waals surface area contributed by atoms with Gasteiger partial charge < -0.3 is 10.1 Å². The van der Waals surface area contributed by atoms with E-state index in [4.69, 9.17) is 4.74 Å². The van der Waals surface area contributed by atoms with E-state index in [0.717, 1.165) is 42.7 Å². The molecular formula is C17H22N4O2S. The molecular weight excluding hydrogens is 324 g/mol. The number of morpholine rings is 1. The van der Waals surface area contributed by atoms with Crippen LogP contribution in [0.1, 0.15) is 22.4 Å². The molecule has 1 saturated heterocycles.